The van der Waals surface area contributed by atoms with E-state index in [9.17, 15) is 9.59 Å². The van der Waals surface area contributed by atoms with Gasteiger partial charge in [-0.3, -0.25) is 9.59 Å². The highest BCUT2D eigenvalue weighted by Gasteiger charge is 2.54. The van der Waals surface area contributed by atoms with Crippen molar-refractivity contribution in [3.63, 3.8) is 0 Å². The van der Waals surface area contributed by atoms with E-state index in [2.05, 4.69) is 12.2 Å². The summed E-state index contributed by atoms with van der Waals surface area (Å²) in [5.41, 5.74) is 0.0646. The highest BCUT2D eigenvalue weighted by Crippen LogP contribution is 2.58. The number of carbonyl (C=O) groups excluding carboxylic acids is 2. The van der Waals surface area contributed by atoms with Crippen molar-refractivity contribution in [1.29, 1.82) is 0 Å². The van der Waals surface area contributed by atoms with Crippen molar-refractivity contribution in [2.75, 3.05) is 6.54 Å². The van der Waals surface area contributed by atoms with Gasteiger partial charge in [0.05, 0.1) is 5.92 Å². The molecule has 20 heavy (non-hydrogen) atoms. The molecule has 0 aromatic heterocycles. The number of Topliss-reactive ketones (excluding diaryl/α,β-unsaturated/α-hetero) is 1. The molecule has 0 saturated heterocycles. The number of ketones is 1. The first-order chi connectivity index (χ1) is 9.59. The van der Waals surface area contributed by atoms with E-state index in [1.165, 1.54) is 19.3 Å². The van der Waals surface area contributed by atoms with Crippen LogP contribution in [-0.4, -0.2) is 18.2 Å². The molecule has 0 aromatic rings. The van der Waals surface area contributed by atoms with Crippen molar-refractivity contribution in [3.05, 3.63) is 0 Å². The van der Waals surface area contributed by atoms with Gasteiger partial charge in [0.15, 0.2) is 0 Å². The first kappa shape index (κ1) is 12.8. The molecule has 4 fully saturated rings. The summed E-state index contributed by atoms with van der Waals surface area (Å²) in [6.07, 6.45) is 7.24. The number of hydrogen-bond acceptors (Lipinski definition) is 2. The molecule has 5 unspecified atom stereocenters. The zero-order valence-electron chi connectivity index (χ0n) is 12.4. The molecule has 0 radical (unpaired) electrons. The van der Waals surface area contributed by atoms with E-state index in [0.29, 0.717) is 18.6 Å². The fourth-order valence-electron chi connectivity index (χ4n) is 4.89. The van der Waals surface area contributed by atoms with Crippen molar-refractivity contribution in [2.45, 2.75) is 51.9 Å². The second kappa shape index (κ2) is 4.32. The highest BCUT2D eigenvalue weighted by molar-refractivity contribution is 5.91. The molecule has 0 heterocycles. The van der Waals surface area contributed by atoms with Gasteiger partial charge in [0.25, 0.3) is 0 Å². The standard InChI is InChI=1S/C17H25NO2/c1-10-5-13(10)14-6-11(14)9-18-16(20)15-7-12(19)8-17(15)3-2-4-17/h10-11,13-15H,2-9H2,1H3,(H,18,20). The molecule has 4 aliphatic rings. The van der Waals surface area contributed by atoms with Gasteiger partial charge >= 0.3 is 0 Å². The summed E-state index contributed by atoms with van der Waals surface area (Å²) in [7, 11) is 0. The Hall–Kier alpha value is -0.860. The molecular formula is C17H25NO2. The van der Waals surface area contributed by atoms with Crippen LogP contribution in [0.25, 0.3) is 0 Å². The van der Waals surface area contributed by atoms with Gasteiger partial charge in [-0.15, -0.1) is 0 Å². The van der Waals surface area contributed by atoms with Crippen LogP contribution < -0.4 is 5.32 Å². The zero-order chi connectivity index (χ0) is 13.9. The molecule has 110 valence electrons. The molecule has 1 spiro atoms. The van der Waals surface area contributed by atoms with Gasteiger partial charge < -0.3 is 5.32 Å². The van der Waals surface area contributed by atoms with Crippen LogP contribution in [0.2, 0.25) is 0 Å². The summed E-state index contributed by atoms with van der Waals surface area (Å²) in [6, 6.07) is 0. The minimum absolute atomic E-state index is 0.0131. The second-order valence-electron chi connectivity index (χ2n) is 7.97. The first-order valence-electron chi connectivity index (χ1n) is 8.38. The van der Waals surface area contributed by atoms with Crippen LogP contribution in [0.1, 0.15) is 51.9 Å². The molecule has 1 amide bonds. The summed E-state index contributed by atoms with van der Waals surface area (Å²) in [6.45, 7) is 3.19. The molecule has 5 atom stereocenters. The molecule has 3 nitrogen and oxygen atoms in total. The molecule has 1 N–H and O–H groups in total. The normalized spacial score (nSPS) is 44.2. The summed E-state index contributed by atoms with van der Waals surface area (Å²) in [5, 5.41) is 3.17. The van der Waals surface area contributed by atoms with E-state index in [1.54, 1.807) is 0 Å². The van der Waals surface area contributed by atoms with Gasteiger partial charge in [0.2, 0.25) is 5.91 Å². The van der Waals surface area contributed by atoms with Crippen molar-refractivity contribution in [1.82, 2.24) is 5.32 Å². The average Bonchev–Trinajstić information content (AvgIpc) is 3.24. The Labute approximate surface area is 120 Å². The van der Waals surface area contributed by atoms with Crippen molar-refractivity contribution >= 4 is 11.7 Å². The second-order valence-corrected chi connectivity index (χ2v) is 7.97. The maximum absolute atomic E-state index is 12.4. The molecule has 4 rings (SSSR count). The van der Waals surface area contributed by atoms with E-state index in [4.69, 9.17) is 0 Å². The summed E-state index contributed by atoms with van der Waals surface area (Å²) in [4.78, 5) is 24.1. The minimum atomic E-state index is -0.0131. The van der Waals surface area contributed by atoms with Gasteiger partial charge in [-0.2, -0.15) is 0 Å². The van der Waals surface area contributed by atoms with E-state index in [0.717, 1.165) is 43.1 Å². The summed E-state index contributed by atoms with van der Waals surface area (Å²) in [5.74, 6) is 3.94. The molecule has 4 aliphatic carbocycles. The van der Waals surface area contributed by atoms with Crippen molar-refractivity contribution in [2.24, 2.45) is 35.0 Å². The van der Waals surface area contributed by atoms with Crippen LogP contribution in [0.4, 0.5) is 0 Å². The predicted molar refractivity (Wildman–Crippen MR) is 75.9 cm³/mol. The molecule has 0 aliphatic heterocycles. The Balaban J connectivity index is 1.29. The van der Waals surface area contributed by atoms with E-state index in [-0.39, 0.29) is 17.2 Å². The SMILES string of the molecule is CC1CC1C1CC1CNC(=O)C1CC(=O)CC12CCC2. The molecular weight excluding hydrogens is 250 g/mol. The van der Waals surface area contributed by atoms with Crippen LogP contribution in [0.3, 0.4) is 0 Å². The Morgan fingerprint density at radius 2 is 2.05 bits per heavy atom. The lowest BCUT2D eigenvalue weighted by molar-refractivity contribution is -0.130. The molecule has 3 heteroatoms. The lowest BCUT2D eigenvalue weighted by Gasteiger charge is -2.42. The van der Waals surface area contributed by atoms with Crippen molar-refractivity contribution in [3.8, 4) is 0 Å². The average molecular weight is 275 g/mol. The first-order valence-corrected chi connectivity index (χ1v) is 8.38. The Morgan fingerprint density at radius 1 is 1.30 bits per heavy atom. The van der Waals surface area contributed by atoms with E-state index < -0.39 is 0 Å². The largest absolute Gasteiger partial charge is 0.356 e. The van der Waals surface area contributed by atoms with Gasteiger partial charge in [0, 0.05) is 19.4 Å². The van der Waals surface area contributed by atoms with Gasteiger partial charge in [-0.25, -0.2) is 0 Å². The Bertz CT molecular complexity index is 454. The maximum Gasteiger partial charge on any atom is 0.224 e. The van der Waals surface area contributed by atoms with Crippen molar-refractivity contribution < 1.29 is 9.59 Å². The lowest BCUT2D eigenvalue weighted by atomic mass is 9.62. The smallest absolute Gasteiger partial charge is 0.224 e. The highest BCUT2D eigenvalue weighted by atomic mass is 16.2. The Kier molecular flexibility index (Phi) is 2.77. The Morgan fingerprint density at radius 3 is 2.65 bits per heavy atom. The number of nitrogens with one attached hydrogen (secondary N) is 1. The van der Waals surface area contributed by atoms with Gasteiger partial charge in [-0.1, -0.05) is 13.3 Å². The minimum Gasteiger partial charge on any atom is -0.356 e. The quantitative estimate of drug-likeness (QED) is 0.857. The van der Waals surface area contributed by atoms with Crippen LogP contribution in [0, 0.1) is 35.0 Å². The van der Waals surface area contributed by atoms with Crippen LogP contribution in [0.5, 0.6) is 0 Å². The third kappa shape index (κ3) is 2.01. The number of amides is 1. The predicted octanol–water partition coefficient (Wildman–Crippen LogP) is 2.54. The third-order valence-corrected chi connectivity index (χ3v) is 6.62. The molecule has 4 saturated carbocycles. The van der Waals surface area contributed by atoms with Gasteiger partial charge in [0.1, 0.15) is 5.78 Å². The zero-order valence-corrected chi connectivity index (χ0v) is 12.4. The topological polar surface area (TPSA) is 46.2 Å². The third-order valence-electron chi connectivity index (χ3n) is 6.62. The van der Waals surface area contributed by atoms with Crippen LogP contribution in [-0.2, 0) is 9.59 Å². The van der Waals surface area contributed by atoms with Crippen LogP contribution in [0.15, 0.2) is 0 Å². The van der Waals surface area contributed by atoms with Gasteiger partial charge in [-0.05, 0) is 54.8 Å². The fourth-order valence-corrected chi connectivity index (χ4v) is 4.89. The molecule has 0 bridgehead atoms. The summed E-state index contributed by atoms with van der Waals surface area (Å²) >= 11 is 0. The van der Waals surface area contributed by atoms with E-state index in [1.807, 2.05) is 0 Å². The fraction of sp³-hybridized carbons (Fsp3) is 0.882. The number of carbonyl (C=O) groups is 2. The maximum atomic E-state index is 12.4. The molecule has 0 aromatic carbocycles. The lowest BCUT2D eigenvalue weighted by Crippen LogP contribution is -2.43. The van der Waals surface area contributed by atoms with Crippen LogP contribution >= 0.6 is 0 Å². The number of rotatable bonds is 4. The monoisotopic (exact) mass is 275 g/mol. The summed E-state index contributed by atoms with van der Waals surface area (Å²) < 4.78 is 0. The number of hydrogen-bond donors (Lipinski definition) is 1. The van der Waals surface area contributed by atoms with E-state index >= 15 is 0 Å².